The molecule has 0 spiro atoms. The maximum absolute atomic E-state index is 11.9. The Morgan fingerprint density at radius 3 is 1.97 bits per heavy atom. The molecule has 0 aliphatic heterocycles. The van der Waals surface area contributed by atoms with Crippen LogP contribution in [0.1, 0.15) is 129 Å². The Bertz CT molecular complexity index is 457. The molecule has 168 valence electrons. The van der Waals surface area contributed by atoms with E-state index in [0.717, 1.165) is 48.9 Å². The third kappa shape index (κ3) is 7.28. The monoisotopic (exact) mass is 404 g/mol. The number of hydrogen-bond donors (Lipinski definition) is 0. The minimum Gasteiger partial charge on any atom is -0.462 e. The molecule has 0 bridgehead atoms. The van der Waals surface area contributed by atoms with Crippen LogP contribution in [0.3, 0.4) is 0 Å². The van der Waals surface area contributed by atoms with Crippen molar-refractivity contribution in [2.75, 3.05) is 0 Å². The Hall–Kier alpha value is -0.530. The van der Waals surface area contributed by atoms with Crippen molar-refractivity contribution in [3.05, 3.63) is 0 Å². The largest absolute Gasteiger partial charge is 0.462 e. The summed E-state index contributed by atoms with van der Waals surface area (Å²) in [6, 6.07) is 0. The van der Waals surface area contributed by atoms with E-state index in [1.165, 1.54) is 89.9 Å². The van der Waals surface area contributed by atoms with E-state index < -0.39 is 0 Å². The molecule has 3 aliphatic rings. The van der Waals surface area contributed by atoms with E-state index in [0.29, 0.717) is 6.42 Å². The van der Waals surface area contributed by atoms with E-state index >= 15 is 0 Å². The number of carbonyl (C=O) groups excluding carboxylic acids is 1. The van der Waals surface area contributed by atoms with Crippen molar-refractivity contribution in [3.8, 4) is 0 Å². The molecule has 2 heteroatoms. The van der Waals surface area contributed by atoms with Gasteiger partial charge in [0.1, 0.15) is 6.10 Å². The maximum Gasteiger partial charge on any atom is 0.306 e. The fraction of sp³-hybridized carbons (Fsp3) is 0.963. The van der Waals surface area contributed by atoms with Gasteiger partial charge in [-0.1, -0.05) is 52.4 Å². The van der Waals surface area contributed by atoms with Gasteiger partial charge in [0.15, 0.2) is 0 Å². The minimum absolute atomic E-state index is 0.0344. The van der Waals surface area contributed by atoms with Crippen LogP contribution < -0.4 is 0 Å². The summed E-state index contributed by atoms with van der Waals surface area (Å²) in [5.41, 5.74) is 0. The van der Waals surface area contributed by atoms with Gasteiger partial charge in [0, 0.05) is 6.42 Å². The highest BCUT2D eigenvalue weighted by molar-refractivity contribution is 5.69. The Labute approximate surface area is 180 Å². The second-order valence-electron chi connectivity index (χ2n) is 10.7. The zero-order chi connectivity index (χ0) is 20.5. The quantitative estimate of drug-likeness (QED) is 0.287. The molecule has 0 aromatic heterocycles. The zero-order valence-corrected chi connectivity index (χ0v) is 19.5. The van der Waals surface area contributed by atoms with Crippen molar-refractivity contribution in [1.29, 1.82) is 0 Å². The first-order chi connectivity index (χ1) is 14.2. The van der Waals surface area contributed by atoms with Gasteiger partial charge in [-0.2, -0.15) is 0 Å². The highest BCUT2D eigenvalue weighted by Crippen LogP contribution is 2.46. The lowest BCUT2D eigenvalue weighted by atomic mass is 9.65. The molecule has 0 N–H and O–H groups in total. The molecule has 0 aromatic carbocycles. The number of esters is 1. The lowest BCUT2D eigenvalue weighted by Gasteiger charge is -2.41. The summed E-state index contributed by atoms with van der Waals surface area (Å²) in [4.78, 5) is 11.9. The molecule has 0 heterocycles. The van der Waals surface area contributed by atoms with E-state index in [1.54, 1.807) is 0 Å². The smallest absolute Gasteiger partial charge is 0.306 e. The van der Waals surface area contributed by atoms with Crippen molar-refractivity contribution >= 4 is 5.97 Å². The second-order valence-corrected chi connectivity index (χ2v) is 10.7. The predicted molar refractivity (Wildman–Crippen MR) is 122 cm³/mol. The molecule has 29 heavy (non-hydrogen) atoms. The second kappa shape index (κ2) is 12.4. The van der Waals surface area contributed by atoms with Gasteiger partial charge in [0.2, 0.25) is 0 Å². The van der Waals surface area contributed by atoms with Gasteiger partial charge in [-0.3, -0.25) is 4.79 Å². The molecule has 2 unspecified atom stereocenters. The average molecular weight is 405 g/mol. The van der Waals surface area contributed by atoms with Gasteiger partial charge < -0.3 is 4.74 Å². The van der Waals surface area contributed by atoms with Crippen LogP contribution in [0.15, 0.2) is 0 Å². The number of unbranched alkanes of at least 4 members (excludes halogenated alkanes) is 2. The van der Waals surface area contributed by atoms with Crippen LogP contribution in [0.5, 0.6) is 0 Å². The van der Waals surface area contributed by atoms with Crippen LogP contribution in [-0.4, -0.2) is 12.1 Å². The highest BCUT2D eigenvalue weighted by Gasteiger charge is 2.35. The molecule has 2 nitrogen and oxygen atoms in total. The van der Waals surface area contributed by atoms with Crippen molar-refractivity contribution < 1.29 is 9.53 Å². The molecule has 2 atom stereocenters. The van der Waals surface area contributed by atoms with E-state index in [4.69, 9.17) is 4.74 Å². The molecule has 3 fully saturated rings. The molecule has 3 rings (SSSR count). The van der Waals surface area contributed by atoms with Crippen molar-refractivity contribution in [2.24, 2.45) is 29.6 Å². The van der Waals surface area contributed by atoms with Crippen LogP contribution in [0.4, 0.5) is 0 Å². The van der Waals surface area contributed by atoms with Crippen LogP contribution in [0.25, 0.3) is 0 Å². The third-order valence-electron chi connectivity index (χ3n) is 8.68. The van der Waals surface area contributed by atoms with Crippen molar-refractivity contribution in [2.45, 2.75) is 136 Å². The summed E-state index contributed by atoms with van der Waals surface area (Å²) in [5.74, 6) is 4.86. The lowest BCUT2D eigenvalue weighted by molar-refractivity contribution is -0.151. The topological polar surface area (TPSA) is 26.3 Å². The summed E-state index contributed by atoms with van der Waals surface area (Å²) < 4.78 is 5.78. The first kappa shape index (κ1) is 23.1. The van der Waals surface area contributed by atoms with Gasteiger partial charge in [-0.05, 0) is 100 Å². The summed E-state index contributed by atoms with van der Waals surface area (Å²) in [6.45, 7) is 4.38. The van der Waals surface area contributed by atoms with Gasteiger partial charge in [0.25, 0.3) is 0 Å². The fourth-order valence-corrected chi connectivity index (χ4v) is 6.88. The summed E-state index contributed by atoms with van der Waals surface area (Å²) >= 11 is 0. The molecule has 0 radical (unpaired) electrons. The van der Waals surface area contributed by atoms with Crippen LogP contribution in [-0.2, 0) is 9.53 Å². The molecule has 3 saturated carbocycles. The van der Waals surface area contributed by atoms with E-state index in [9.17, 15) is 4.79 Å². The Morgan fingerprint density at radius 2 is 1.34 bits per heavy atom. The lowest BCUT2D eigenvalue weighted by Crippen LogP contribution is -2.32. The molecule has 3 aliphatic carbocycles. The van der Waals surface area contributed by atoms with Crippen LogP contribution >= 0.6 is 0 Å². The Kier molecular flexibility index (Phi) is 9.86. The summed E-state index contributed by atoms with van der Waals surface area (Å²) in [6.07, 6.45) is 24.3. The minimum atomic E-state index is 0.0344. The Balaban J connectivity index is 1.35. The van der Waals surface area contributed by atoms with E-state index in [2.05, 4.69) is 13.8 Å². The average Bonchev–Trinajstić information content (AvgIpc) is 2.75. The number of hydrogen-bond acceptors (Lipinski definition) is 2. The van der Waals surface area contributed by atoms with E-state index in [-0.39, 0.29) is 12.1 Å². The van der Waals surface area contributed by atoms with E-state index in [1.807, 2.05) is 0 Å². The molecular formula is C27H48O2. The molecule has 0 amide bonds. The first-order valence-corrected chi connectivity index (χ1v) is 13.4. The molecule has 0 aromatic rings. The van der Waals surface area contributed by atoms with Crippen LogP contribution in [0, 0.1) is 29.6 Å². The highest BCUT2D eigenvalue weighted by atomic mass is 16.5. The number of ether oxygens (including phenoxy) is 1. The normalized spacial score (nSPS) is 35.9. The first-order valence-electron chi connectivity index (χ1n) is 13.4. The van der Waals surface area contributed by atoms with Crippen LogP contribution in [0.2, 0.25) is 0 Å². The van der Waals surface area contributed by atoms with Crippen molar-refractivity contribution in [1.82, 2.24) is 0 Å². The zero-order valence-electron chi connectivity index (χ0n) is 19.5. The van der Waals surface area contributed by atoms with Gasteiger partial charge in [-0.25, -0.2) is 0 Å². The predicted octanol–water partition coefficient (Wildman–Crippen LogP) is 8.08. The number of carbonyl (C=O) groups is 1. The number of rotatable bonds is 9. The fourth-order valence-electron chi connectivity index (χ4n) is 6.88. The SMILES string of the molecule is CCCCCC1CCC(C2CCC(C3CCCC(OC(=O)CCC)C3)CC2)CC1. The van der Waals surface area contributed by atoms with Gasteiger partial charge >= 0.3 is 5.97 Å². The summed E-state index contributed by atoms with van der Waals surface area (Å²) in [7, 11) is 0. The maximum atomic E-state index is 11.9. The molecule has 0 saturated heterocycles. The summed E-state index contributed by atoms with van der Waals surface area (Å²) in [5, 5.41) is 0. The van der Waals surface area contributed by atoms with Crippen molar-refractivity contribution in [3.63, 3.8) is 0 Å². The van der Waals surface area contributed by atoms with Gasteiger partial charge in [-0.15, -0.1) is 0 Å². The molecular weight excluding hydrogens is 356 g/mol. The Morgan fingerprint density at radius 1 is 0.724 bits per heavy atom. The third-order valence-corrected chi connectivity index (χ3v) is 8.68. The standard InChI is InChI=1S/C27H48O2/c1-3-5-6-9-21-12-14-22(15-13-21)23-16-18-24(19-17-23)25-10-7-11-26(20-25)29-27(28)8-4-2/h21-26H,3-20H2,1-2H3. The van der Waals surface area contributed by atoms with Gasteiger partial charge in [0.05, 0.1) is 0 Å².